The number of hydrogen-bond donors (Lipinski definition) is 2. The van der Waals surface area contributed by atoms with E-state index in [-0.39, 0.29) is 11.8 Å². The minimum atomic E-state index is -0.450. The second-order valence-corrected chi connectivity index (χ2v) is 6.53. The topological polar surface area (TPSA) is 89.6 Å². The van der Waals surface area contributed by atoms with Crippen LogP contribution in [-0.2, 0) is 14.3 Å². The quantitative estimate of drug-likeness (QED) is 0.759. The van der Waals surface area contributed by atoms with Gasteiger partial charge in [0.2, 0.25) is 5.91 Å². The fourth-order valence-electron chi connectivity index (χ4n) is 2.75. The first-order chi connectivity index (χ1) is 13.1. The van der Waals surface area contributed by atoms with Gasteiger partial charge in [0, 0.05) is 19.1 Å². The molecule has 3 rings (SSSR count). The van der Waals surface area contributed by atoms with Crippen molar-refractivity contribution >= 4 is 40.7 Å². The number of carbonyl (C=O) groups is 2. The van der Waals surface area contributed by atoms with E-state index < -0.39 is 5.97 Å². The molecule has 27 heavy (non-hydrogen) atoms. The average Bonchev–Trinajstić information content (AvgIpc) is 2.71. The number of anilines is 3. The third kappa shape index (κ3) is 4.96. The van der Waals surface area contributed by atoms with E-state index in [1.807, 2.05) is 0 Å². The predicted molar refractivity (Wildman–Crippen MR) is 102 cm³/mol. The molecular weight excluding hydrogens is 370 g/mol. The van der Waals surface area contributed by atoms with Gasteiger partial charge in [-0.3, -0.25) is 4.79 Å². The molecule has 1 fully saturated rings. The Balaban J connectivity index is 1.65. The molecule has 1 aromatic heterocycles. The molecule has 142 valence electrons. The largest absolute Gasteiger partial charge is 0.465 e. The van der Waals surface area contributed by atoms with Crippen molar-refractivity contribution in [3.63, 3.8) is 0 Å². The number of rotatable bonds is 5. The lowest BCUT2D eigenvalue weighted by atomic mass is 9.99. The van der Waals surface area contributed by atoms with Crippen molar-refractivity contribution in [2.45, 2.75) is 12.8 Å². The SMILES string of the molecule is COC(=O)c1ccc(Cl)c(Nc2ccc(NC(=O)C3CCOCC3)cn2)c1. The van der Waals surface area contributed by atoms with E-state index in [4.69, 9.17) is 21.1 Å². The van der Waals surface area contributed by atoms with E-state index in [0.29, 0.717) is 41.0 Å². The standard InChI is InChI=1S/C19H20ClN3O4/c1-26-19(25)13-2-4-15(20)16(10-13)23-17-5-3-14(11-21-17)22-18(24)12-6-8-27-9-7-12/h2-5,10-12H,6-9H2,1H3,(H,21,23)(H,22,24). The molecule has 1 aromatic carbocycles. The van der Waals surface area contributed by atoms with Crippen LogP contribution in [-0.4, -0.2) is 37.2 Å². The lowest BCUT2D eigenvalue weighted by Crippen LogP contribution is -2.28. The highest BCUT2D eigenvalue weighted by atomic mass is 35.5. The van der Waals surface area contributed by atoms with Crippen LogP contribution in [0.3, 0.4) is 0 Å². The van der Waals surface area contributed by atoms with Gasteiger partial charge in [-0.1, -0.05) is 11.6 Å². The van der Waals surface area contributed by atoms with Gasteiger partial charge in [0.05, 0.1) is 35.3 Å². The summed E-state index contributed by atoms with van der Waals surface area (Å²) in [4.78, 5) is 28.2. The Morgan fingerprint density at radius 3 is 2.67 bits per heavy atom. The second kappa shape index (κ2) is 8.83. The first kappa shape index (κ1) is 19.1. The van der Waals surface area contributed by atoms with E-state index in [9.17, 15) is 9.59 Å². The van der Waals surface area contributed by atoms with Crippen LogP contribution in [0.4, 0.5) is 17.2 Å². The van der Waals surface area contributed by atoms with E-state index in [2.05, 4.69) is 15.6 Å². The smallest absolute Gasteiger partial charge is 0.337 e. The lowest BCUT2D eigenvalue weighted by Gasteiger charge is -2.21. The Morgan fingerprint density at radius 1 is 1.22 bits per heavy atom. The summed E-state index contributed by atoms with van der Waals surface area (Å²) < 4.78 is 9.98. The molecule has 0 atom stereocenters. The van der Waals surface area contributed by atoms with Gasteiger partial charge >= 0.3 is 5.97 Å². The van der Waals surface area contributed by atoms with Crippen molar-refractivity contribution in [1.29, 1.82) is 0 Å². The van der Waals surface area contributed by atoms with Crippen molar-refractivity contribution in [1.82, 2.24) is 4.98 Å². The molecule has 0 spiro atoms. The van der Waals surface area contributed by atoms with Crippen LogP contribution in [0, 0.1) is 5.92 Å². The summed E-state index contributed by atoms with van der Waals surface area (Å²) in [5, 5.41) is 6.37. The number of pyridine rings is 1. The summed E-state index contributed by atoms with van der Waals surface area (Å²) in [5.41, 5.74) is 1.53. The van der Waals surface area contributed by atoms with E-state index >= 15 is 0 Å². The van der Waals surface area contributed by atoms with Crippen LogP contribution in [0.25, 0.3) is 0 Å². The van der Waals surface area contributed by atoms with E-state index in [1.165, 1.54) is 7.11 Å². The monoisotopic (exact) mass is 389 g/mol. The molecule has 2 N–H and O–H groups in total. The van der Waals surface area contributed by atoms with Crippen LogP contribution < -0.4 is 10.6 Å². The molecule has 8 heteroatoms. The van der Waals surface area contributed by atoms with Gasteiger partial charge in [-0.2, -0.15) is 0 Å². The van der Waals surface area contributed by atoms with Crippen molar-refractivity contribution in [2.24, 2.45) is 5.92 Å². The molecule has 0 bridgehead atoms. The van der Waals surface area contributed by atoms with Crippen LogP contribution in [0.5, 0.6) is 0 Å². The molecule has 2 heterocycles. The Hall–Kier alpha value is -2.64. The van der Waals surface area contributed by atoms with Gasteiger partial charge in [0.25, 0.3) is 0 Å². The first-order valence-electron chi connectivity index (χ1n) is 8.56. The number of halogens is 1. The Morgan fingerprint density at radius 2 is 2.00 bits per heavy atom. The molecule has 1 amide bonds. The van der Waals surface area contributed by atoms with Gasteiger partial charge in [0.1, 0.15) is 5.82 Å². The summed E-state index contributed by atoms with van der Waals surface area (Å²) >= 11 is 6.17. The summed E-state index contributed by atoms with van der Waals surface area (Å²) in [6, 6.07) is 8.27. The van der Waals surface area contributed by atoms with Crippen molar-refractivity contribution < 1.29 is 19.1 Å². The highest BCUT2D eigenvalue weighted by Crippen LogP contribution is 2.27. The summed E-state index contributed by atoms with van der Waals surface area (Å²) in [5.74, 6) is 0.0304. The number of hydrogen-bond acceptors (Lipinski definition) is 6. The maximum absolute atomic E-state index is 12.2. The van der Waals surface area contributed by atoms with Gasteiger partial charge in [-0.25, -0.2) is 9.78 Å². The third-order valence-electron chi connectivity index (χ3n) is 4.27. The number of methoxy groups -OCH3 is 1. The number of ether oxygens (including phenoxy) is 2. The fraction of sp³-hybridized carbons (Fsp3) is 0.316. The van der Waals surface area contributed by atoms with E-state index in [0.717, 1.165) is 12.8 Å². The van der Waals surface area contributed by atoms with Crippen LogP contribution in [0.2, 0.25) is 5.02 Å². The second-order valence-electron chi connectivity index (χ2n) is 6.12. The first-order valence-corrected chi connectivity index (χ1v) is 8.94. The minimum Gasteiger partial charge on any atom is -0.465 e. The number of esters is 1. The minimum absolute atomic E-state index is 0.0189. The predicted octanol–water partition coefficient (Wildman–Crippen LogP) is 3.63. The maximum Gasteiger partial charge on any atom is 0.337 e. The molecule has 1 aliphatic rings. The zero-order valence-electron chi connectivity index (χ0n) is 14.8. The molecule has 0 radical (unpaired) electrons. The molecule has 7 nitrogen and oxygen atoms in total. The highest BCUT2D eigenvalue weighted by molar-refractivity contribution is 6.33. The Bertz CT molecular complexity index is 820. The number of amides is 1. The maximum atomic E-state index is 12.2. The van der Waals surface area contributed by atoms with Crippen molar-refractivity contribution in [3.8, 4) is 0 Å². The molecular formula is C19H20ClN3O4. The highest BCUT2D eigenvalue weighted by Gasteiger charge is 2.21. The Kier molecular flexibility index (Phi) is 6.26. The molecule has 0 unspecified atom stereocenters. The van der Waals surface area contributed by atoms with Crippen LogP contribution >= 0.6 is 11.6 Å². The normalized spacial score (nSPS) is 14.4. The van der Waals surface area contributed by atoms with Gasteiger partial charge < -0.3 is 20.1 Å². The molecule has 0 aliphatic carbocycles. The number of carbonyl (C=O) groups excluding carboxylic acids is 2. The number of benzene rings is 1. The molecule has 1 aliphatic heterocycles. The summed E-state index contributed by atoms with van der Waals surface area (Å²) in [6.07, 6.45) is 3.03. The van der Waals surface area contributed by atoms with Gasteiger partial charge in [-0.05, 0) is 43.2 Å². The van der Waals surface area contributed by atoms with Gasteiger partial charge in [-0.15, -0.1) is 0 Å². The van der Waals surface area contributed by atoms with Crippen molar-refractivity contribution in [2.75, 3.05) is 31.0 Å². The fourth-order valence-corrected chi connectivity index (χ4v) is 2.91. The summed E-state index contributed by atoms with van der Waals surface area (Å²) in [7, 11) is 1.32. The van der Waals surface area contributed by atoms with Gasteiger partial charge in [0.15, 0.2) is 0 Å². The molecule has 2 aromatic rings. The van der Waals surface area contributed by atoms with E-state index in [1.54, 1.807) is 36.5 Å². The zero-order chi connectivity index (χ0) is 19.2. The number of nitrogens with one attached hydrogen (secondary N) is 2. The van der Waals surface area contributed by atoms with Crippen LogP contribution in [0.15, 0.2) is 36.5 Å². The number of nitrogens with zero attached hydrogens (tertiary/aromatic N) is 1. The molecule has 0 saturated carbocycles. The summed E-state index contributed by atoms with van der Waals surface area (Å²) in [6.45, 7) is 1.23. The zero-order valence-corrected chi connectivity index (χ0v) is 15.6. The lowest BCUT2D eigenvalue weighted by molar-refractivity contribution is -0.122. The average molecular weight is 390 g/mol. The third-order valence-corrected chi connectivity index (χ3v) is 4.60. The van der Waals surface area contributed by atoms with Crippen molar-refractivity contribution in [3.05, 3.63) is 47.1 Å². The van der Waals surface area contributed by atoms with Crippen LogP contribution in [0.1, 0.15) is 23.2 Å². The molecule has 1 saturated heterocycles. The Labute approximate surface area is 162 Å². The number of aromatic nitrogens is 1.